The van der Waals surface area contributed by atoms with Crippen molar-refractivity contribution < 1.29 is 14.4 Å². The van der Waals surface area contributed by atoms with Gasteiger partial charge in [-0.25, -0.2) is 0 Å². The number of nitrogen functional groups attached to an aromatic ring is 1. The van der Waals surface area contributed by atoms with Crippen LogP contribution in [0.3, 0.4) is 0 Å². The monoisotopic (exact) mass is 259 g/mol. The van der Waals surface area contributed by atoms with Crippen LogP contribution in [-0.2, 0) is 16.1 Å². The van der Waals surface area contributed by atoms with E-state index in [2.05, 4.69) is 10.6 Å². The number of carbonyl (C=O) groups excluding carboxylic acids is 3. The van der Waals surface area contributed by atoms with Gasteiger partial charge in [-0.3, -0.25) is 19.7 Å². The van der Waals surface area contributed by atoms with Gasteiger partial charge < -0.3 is 11.1 Å². The minimum absolute atomic E-state index is 0.171. The molecular weight excluding hydrogens is 246 g/mol. The zero-order valence-corrected chi connectivity index (χ0v) is 10.2. The van der Waals surface area contributed by atoms with Gasteiger partial charge in [-0.15, -0.1) is 0 Å². The van der Waals surface area contributed by atoms with Crippen LogP contribution in [0.5, 0.6) is 0 Å². The summed E-state index contributed by atoms with van der Waals surface area (Å²) in [6.07, 6.45) is 0.754. The first-order chi connectivity index (χ1) is 9.06. The number of anilines is 1. The van der Waals surface area contributed by atoms with Crippen LogP contribution in [0.4, 0.5) is 5.69 Å². The molecule has 0 aromatic heterocycles. The van der Waals surface area contributed by atoms with Crippen molar-refractivity contribution in [2.24, 2.45) is 0 Å². The molecule has 1 saturated heterocycles. The fraction of sp³-hybridized carbons (Fsp3) is 0.308. The van der Waals surface area contributed by atoms with E-state index < -0.39 is 5.92 Å². The Bertz CT molecular complexity index is 609. The summed E-state index contributed by atoms with van der Waals surface area (Å²) in [5.41, 5.74) is 8.43. The molecule has 1 aromatic carbocycles. The smallest absolute Gasteiger partial charge is 0.251 e. The zero-order valence-electron chi connectivity index (χ0n) is 10.2. The highest BCUT2D eigenvalue weighted by Gasteiger charge is 2.30. The number of imide groups is 1. The van der Waals surface area contributed by atoms with E-state index >= 15 is 0 Å². The molecule has 0 aliphatic carbocycles. The van der Waals surface area contributed by atoms with E-state index in [1.54, 1.807) is 12.1 Å². The molecule has 0 saturated carbocycles. The Labute approximate surface area is 109 Å². The van der Waals surface area contributed by atoms with Gasteiger partial charge in [0.05, 0.1) is 5.92 Å². The van der Waals surface area contributed by atoms with Gasteiger partial charge >= 0.3 is 0 Å². The SMILES string of the molecule is Nc1cc(C2CCC(=O)NC2=O)cc2c1CNC2=O. The summed E-state index contributed by atoms with van der Waals surface area (Å²) in [5, 5.41) is 5.01. The number of amides is 3. The van der Waals surface area contributed by atoms with Crippen LogP contribution in [0.15, 0.2) is 12.1 Å². The van der Waals surface area contributed by atoms with E-state index in [9.17, 15) is 14.4 Å². The molecule has 0 radical (unpaired) electrons. The maximum absolute atomic E-state index is 11.8. The van der Waals surface area contributed by atoms with Gasteiger partial charge in [-0.2, -0.15) is 0 Å². The summed E-state index contributed by atoms with van der Waals surface area (Å²) in [6.45, 7) is 0.426. The molecule has 1 fully saturated rings. The second-order valence-corrected chi connectivity index (χ2v) is 4.82. The lowest BCUT2D eigenvalue weighted by Gasteiger charge is -2.22. The molecular formula is C13H13N3O3. The summed E-state index contributed by atoms with van der Waals surface area (Å²) in [4.78, 5) is 34.6. The molecule has 3 rings (SSSR count). The van der Waals surface area contributed by atoms with Gasteiger partial charge in [0.25, 0.3) is 5.91 Å². The number of piperidine rings is 1. The third-order valence-electron chi connectivity index (χ3n) is 3.62. The number of nitrogens with one attached hydrogen (secondary N) is 2. The Hall–Kier alpha value is -2.37. The molecule has 1 aromatic rings. The molecule has 98 valence electrons. The molecule has 4 N–H and O–H groups in total. The maximum Gasteiger partial charge on any atom is 0.251 e. The van der Waals surface area contributed by atoms with Crippen LogP contribution in [0.25, 0.3) is 0 Å². The van der Waals surface area contributed by atoms with Crippen LogP contribution in [-0.4, -0.2) is 17.7 Å². The first-order valence-electron chi connectivity index (χ1n) is 6.10. The quantitative estimate of drug-likeness (QED) is 0.489. The second-order valence-electron chi connectivity index (χ2n) is 4.82. The molecule has 2 aliphatic rings. The summed E-state index contributed by atoms with van der Waals surface area (Å²) in [5.74, 6) is -1.17. The Morgan fingerprint density at radius 2 is 2.00 bits per heavy atom. The average molecular weight is 259 g/mol. The molecule has 0 spiro atoms. The van der Waals surface area contributed by atoms with E-state index in [0.29, 0.717) is 36.2 Å². The largest absolute Gasteiger partial charge is 0.398 e. The highest BCUT2D eigenvalue weighted by molar-refractivity contribution is 6.03. The van der Waals surface area contributed by atoms with Crippen molar-refractivity contribution in [3.63, 3.8) is 0 Å². The number of hydrogen-bond donors (Lipinski definition) is 3. The molecule has 6 nitrogen and oxygen atoms in total. The number of carbonyl (C=O) groups is 3. The summed E-state index contributed by atoms with van der Waals surface area (Å²) >= 11 is 0. The van der Waals surface area contributed by atoms with Gasteiger partial charge in [-0.1, -0.05) is 0 Å². The molecule has 1 atom stereocenters. The van der Waals surface area contributed by atoms with E-state index in [4.69, 9.17) is 5.73 Å². The second kappa shape index (κ2) is 4.08. The van der Waals surface area contributed by atoms with Crippen molar-refractivity contribution in [3.8, 4) is 0 Å². The molecule has 0 bridgehead atoms. The third-order valence-corrected chi connectivity index (χ3v) is 3.62. The van der Waals surface area contributed by atoms with E-state index in [1.165, 1.54) is 0 Å². The van der Waals surface area contributed by atoms with Crippen LogP contribution in [0.1, 0.15) is 40.2 Å². The van der Waals surface area contributed by atoms with E-state index in [1.807, 2.05) is 0 Å². The fourth-order valence-electron chi connectivity index (χ4n) is 2.59. The molecule has 6 heteroatoms. The van der Waals surface area contributed by atoms with Gasteiger partial charge in [0.1, 0.15) is 0 Å². The first-order valence-corrected chi connectivity index (χ1v) is 6.10. The van der Waals surface area contributed by atoms with Gasteiger partial charge in [0.15, 0.2) is 0 Å². The number of fused-ring (bicyclic) bond motifs is 1. The van der Waals surface area contributed by atoms with Crippen LogP contribution in [0.2, 0.25) is 0 Å². The van der Waals surface area contributed by atoms with Crippen molar-refractivity contribution in [2.45, 2.75) is 25.3 Å². The predicted octanol–water partition coefficient (Wildman–Crippen LogP) is 0.0324. The Kier molecular flexibility index (Phi) is 2.51. The third kappa shape index (κ3) is 1.85. The summed E-state index contributed by atoms with van der Waals surface area (Å²) < 4.78 is 0. The first kappa shape index (κ1) is 11.7. The summed E-state index contributed by atoms with van der Waals surface area (Å²) in [7, 11) is 0. The van der Waals surface area contributed by atoms with Crippen molar-refractivity contribution in [2.75, 3.05) is 5.73 Å². The number of hydrogen-bond acceptors (Lipinski definition) is 4. The highest BCUT2D eigenvalue weighted by Crippen LogP contribution is 2.31. The van der Waals surface area contributed by atoms with E-state index in [-0.39, 0.29) is 17.7 Å². The maximum atomic E-state index is 11.8. The van der Waals surface area contributed by atoms with Crippen molar-refractivity contribution >= 4 is 23.4 Å². The van der Waals surface area contributed by atoms with Gasteiger partial charge in [0.2, 0.25) is 11.8 Å². The molecule has 1 unspecified atom stereocenters. The lowest BCUT2D eigenvalue weighted by atomic mass is 9.88. The Balaban J connectivity index is 2.00. The highest BCUT2D eigenvalue weighted by atomic mass is 16.2. The molecule has 2 heterocycles. The molecule has 3 amide bonds. The fourth-order valence-corrected chi connectivity index (χ4v) is 2.59. The van der Waals surface area contributed by atoms with Crippen molar-refractivity contribution in [1.29, 1.82) is 0 Å². The standard InChI is InChI=1S/C13H13N3O3/c14-10-4-6(3-8-9(10)5-15-12(8)18)7-1-2-11(17)16-13(7)19/h3-4,7H,1-2,5,14H2,(H,15,18)(H,16,17,19). The van der Waals surface area contributed by atoms with Crippen molar-refractivity contribution in [3.05, 3.63) is 28.8 Å². The minimum Gasteiger partial charge on any atom is -0.398 e. The predicted molar refractivity (Wildman–Crippen MR) is 67.1 cm³/mol. The van der Waals surface area contributed by atoms with Gasteiger partial charge in [0, 0.05) is 29.8 Å². The van der Waals surface area contributed by atoms with Gasteiger partial charge in [-0.05, 0) is 24.1 Å². The number of rotatable bonds is 1. The van der Waals surface area contributed by atoms with Crippen LogP contribution >= 0.6 is 0 Å². The minimum atomic E-state index is -0.418. The average Bonchev–Trinajstić information content (AvgIpc) is 2.72. The zero-order chi connectivity index (χ0) is 13.6. The van der Waals surface area contributed by atoms with Crippen molar-refractivity contribution in [1.82, 2.24) is 10.6 Å². The Morgan fingerprint density at radius 1 is 1.21 bits per heavy atom. The molecule has 2 aliphatic heterocycles. The van der Waals surface area contributed by atoms with Crippen LogP contribution in [0, 0.1) is 0 Å². The lowest BCUT2D eigenvalue weighted by molar-refractivity contribution is -0.134. The number of benzene rings is 1. The lowest BCUT2D eigenvalue weighted by Crippen LogP contribution is -2.39. The van der Waals surface area contributed by atoms with Crippen LogP contribution < -0.4 is 16.4 Å². The normalized spacial score (nSPS) is 21.9. The topological polar surface area (TPSA) is 101 Å². The number of nitrogens with two attached hydrogens (primary N) is 1. The Morgan fingerprint density at radius 3 is 2.74 bits per heavy atom. The summed E-state index contributed by atoms with van der Waals surface area (Å²) in [6, 6.07) is 3.42. The van der Waals surface area contributed by atoms with E-state index in [0.717, 1.165) is 5.56 Å². The molecule has 19 heavy (non-hydrogen) atoms.